The lowest BCUT2D eigenvalue weighted by molar-refractivity contribution is 0.0986. The zero-order chi connectivity index (χ0) is 11.5. The van der Waals surface area contributed by atoms with Crippen molar-refractivity contribution in [1.29, 1.82) is 0 Å². The molecule has 0 amide bonds. The predicted octanol–water partition coefficient (Wildman–Crippen LogP) is 2.00. The summed E-state index contributed by atoms with van der Waals surface area (Å²) in [5.74, 6) is 5.79. The lowest BCUT2D eigenvalue weighted by Crippen LogP contribution is -2.32. The molecule has 5 heteroatoms. The molecule has 0 spiro atoms. The quantitative estimate of drug-likeness (QED) is 0.598. The van der Waals surface area contributed by atoms with Gasteiger partial charge < -0.3 is 4.74 Å². The van der Waals surface area contributed by atoms with E-state index < -0.39 is 12.5 Å². The van der Waals surface area contributed by atoms with Crippen LogP contribution in [0.15, 0.2) is 24.3 Å². The van der Waals surface area contributed by atoms with Gasteiger partial charge in [0.2, 0.25) is 0 Å². The third-order valence-corrected chi connectivity index (χ3v) is 2.50. The van der Waals surface area contributed by atoms with Crippen molar-refractivity contribution >= 4 is 0 Å². The summed E-state index contributed by atoms with van der Waals surface area (Å²) in [4.78, 5) is 0. The first-order valence-corrected chi connectivity index (χ1v) is 5.21. The van der Waals surface area contributed by atoms with E-state index >= 15 is 0 Å². The van der Waals surface area contributed by atoms with Crippen LogP contribution in [-0.4, -0.2) is 12.5 Å². The summed E-state index contributed by atoms with van der Waals surface area (Å²) >= 11 is 0. The number of hydrogen-bond donors (Lipinski definition) is 2. The topological polar surface area (TPSA) is 47.3 Å². The van der Waals surface area contributed by atoms with Crippen LogP contribution in [0.3, 0.4) is 0 Å². The third kappa shape index (κ3) is 2.68. The van der Waals surface area contributed by atoms with Crippen LogP contribution in [0.4, 0.5) is 8.78 Å². The molecule has 0 saturated heterocycles. The number of alkyl halides is 2. The Hall–Kier alpha value is -1.20. The van der Waals surface area contributed by atoms with Gasteiger partial charge in [0.05, 0.1) is 6.10 Å². The van der Waals surface area contributed by atoms with Gasteiger partial charge in [-0.15, -0.1) is 0 Å². The average Bonchev–Trinajstić information content (AvgIpc) is 3.05. The lowest BCUT2D eigenvalue weighted by Gasteiger charge is -2.15. The van der Waals surface area contributed by atoms with E-state index in [4.69, 9.17) is 10.6 Å². The van der Waals surface area contributed by atoms with Crippen molar-refractivity contribution in [2.45, 2.75) is 31.4 Å². The molecule has 0 heterocycles. The van der Waals surface area contributed by atoms with Gasteiger partial charge in [0.1, 0.15) is 11.8 Å². The van der Waals surface area contributed by atoms with E-state index in [1.165, 1.54) is 0 Å². The Balaban J connectivity index is 2.04. The summed E-state index contributed by atoms with van der Waals surface area (Å²) in [7, 11) is 0. The summed E-state index contributed by atoms with van der Waals surface area (Å²) in [6, 6.07) is 5.47. The van der Waals surface area contributed by atoms with Gasteiger partial charge in [-0.1, -0.05) is 12.1 Å². The van der Waals surface area contributed by atoms with Gasteiger partial charge in [-0.25, -0.2) is 14.2 Å². The third-order valence-electron chi connectivity index (χ3n) is 2.50. The molecule has 3 nitrogen and oxygen atoms in total. The molecule has 1 unspecified atom stereocenters. The number of benzene rings is 1. The molecule has 0 aromatic heterocycles. The molecule has 3 N–H and O–H groups in total. The largest absolute Gasteiger partial charge is 0.490 e. The molecular formula is C11H14F2N2O. The molecule has 16 heavy (non-hydrogen) atoms. The zero-order valence-electron chi connectivity index (χ0n) is 8.70. The van der Waals surface area contributed by atoms with Crippen molar-refractivity contribution in [2.75, 3.05) is 0 Å². The van der Waals surface area contributed by atoms with Gasteiger partial charge in [-0.3, -0.25) is 5.84 Å². The molecular weight excluding hydrogens is 214 g/mol. The maximum atomic E-state index is 12.5. The maximum absolute atomic E-state index is 12.5. The van der Waals surface area contributed by atoms with E-state index in [0.717, 1.165) is 18.6 Å². The Bertz CT molecular complexity index is 338. The maximum Gasteiger partial charge on any atom is 0.259 e. The van der Waals surface area contributed by atoms with Crippen LogP contribution < -0.4 is 16.0 Å². The van der Waals surface area contributed by atoms with Crippen molar-refractivity contribution < 1.29 is 13.5 Å². The Labute approximate surface area is 92.6 Å². The van der Waals surface area contributed by atoms with Crippen LogP contribution >= 0.6 is 0 Å². The summed E-state index contributed by atoms with van der Waals surface area (Å²) in [6.45, 7) is 0. The van der Waals surface area contributed by atoms with Crippen LogP contribution in [0.5, 0.6) is 5.75 Å². The molecule has 0 bridgehead atoms. The van der Waals surface area contributed by atoms with Crippen molar-refractivity contribution in [3.8, 4) is 5.75 Å². The molecule has 1 aromatic carbocycles. The highest BCUT2D eigenvalue weighted by Gasteiger charge is 2.24. The first kappa shape index (κ1) is 11.3. The summed E-state index contributed by atoms with van der Waals surface area (Å²) < 4.78 is 30.6. The van der Waals surface area contributed by atoms with Gasteiger partial charge in [-0.2, -0.15) is 0 Å². The van der Waals surface area contributed by atoms with E-state index in [1.807, 2.05) is 0 Å². The van der Waals surface area contributed by atoms with Crippen LogP contribution in [0.25, 0.3) is 0 Å². The minimum absolute atomic E-state index is 0.310. The van der Waals surface area contributed by atoms with Gasteiger partial charge in [0, 0.05) is 0 Å². The van der Waals surface area contributed by atoms with Gasteiger partial charge in [0.25, 0.3) is 6.43 Å². The zero-order valence-corrected chi connectivity index (χ0v) is 8.70. The van der Waals surface area contributed by atoms with E-state index in [9.17, 15) is 8.78 Å². The molecule has 0 aliphatic heterocycles. The standard InChI is InChI=1S/C11H14F2N2O/c12-11(13)10(15-14)7-1-3-8(4-2-7)16-9-5-6-9/h1-4,9-11,15H,5-6,14H2. The fourth-order valence-corrected chi connectivity index (χ4v) is 1.45. The average molecular weight is 228 g/mol. The van der Waals surface area contributed by atoms with Crippen LogP contribution in [0.2, 0.25) is 0 Å². The van der Waals surface area contributed by atoms with E-state index in [-0.39, 0.29) is 0 Å². The number of hydrogen-bond acceptors (Lipinski definition) is 3. The van der Waals surface area contributed by atoms with Gasteiger partial charge in [-0.05, 0) is 30.5 Å². The molecule has 1 aliphatic rings. The molecule has 1 fully saturated rings. The number of nitrogens with two attached hydrogens (primary N) is 1. The van der Waals surface area contributed by atoms with Gasteiger partial charge in [0.15, 0.2) is 0 Å². The minimum atomic E-state index is -2.53. The van der Waals surface area contributed by atoms with E-state index in [0.29, 0.717) is 11.7 Å². The van der Waals surface area contributed by atoms with Crippen LogP contribution in [0.1, 0.15) is 24.4 Å². The molecule has 2 rings (SSSR count). The summed E-state index contributed by atoms with van der Waals surface area (Å²) in [5, 5.41) is 0. The number of hydrazine groups is 1. The second-order valence-electron chi connectivity index (χ2n) is 3.87. The number of halogens is 2. The summed E-state index contributed by atoms with van der Waals surface area (Å²) in [5.41, 5.74) is 2.56. The van der Waals surface area contributed by atoms with Crippen molar-refractivity contribution in [3.63, 3.8) is 0 Å². The van der Waals surface area contributed by atoms with Crippen LogP contribution in [0, 0.1) is 0 Å². The lowest BCUT2D eigenvalue weighted by atomic mass is 10.1. The highest BCUT2D eigenvalue weighted by Crippen LogP contribution is 2.28. The molecule has 1 atom stereocenters. The smallest absolute Gasteiger partial charge is 0.259 e. The SMILES string of the molecule is NNC(c1ccc(OC2CC2)cc1)C(F)F. The van der Waals surface area contributed by atoms with Crippen molar-refractivity contribution in [1.82, 2.24) is 5.43 Å². The second-order valence-corrected chi connectivity index (χ2v) is 3.87. The first-order chi connectivity index (χ1) is 7.70. The monoisotopic (exact) mass is 228 g/mol. The molecule has 88 valence electrons. The fraction of sp³-hybridized carbons (Fsp3) is 0.455. The van der Waals surface area contributed by atoms with Crippen molar-refractivity contribution in [3.05, 3.63) is 29.8 Å². The Morgan fingerprint density at radius 3 is 2.31 bits per heavy atom. The predicted molar refractivity (Wildman–Crippen MR) is 56.2 cm³/mol. The number of ether oxygens (including phenoxy) is 1. The molecule has 1 saturated carbocycles. The Morgan fingerprint density at radius 2 is 1.88 bits per heavy atom. The van der Waals surface area contributed by atoms with Gasteiger partial charge >= 0.3 is 0 Å². The molecule has 1 aromatic rings. The fourth-order valence-electron chi connectivity index (χ4n) is 1.45. The Morgan fingerprint density at radius 1 is 1.25 bits per heavy atom. The van der Waals surface area contributed by atoms with Crippen molar-refractivity contribution in [2.24, 2.45) is 5.84 Å². The number of nitrogens with one attached hydrogen (secondary N) is 1. The molecule has 0 radical (unpaired) electrons. The van der Waals surface area contributed by atoms with E-state index in [1.54, 1.807) is 24.3 Å². The summed E-state index contributed by atoms with van der Waals surface area (Å²) in [6.07, 6.45) is -0.0677. The first-order valence-electron chi connectivity index (χ1n) is 5.21. The number of rotatable bonds is 5. The highest BCUT2D eigenvalue weighted by molar-refractivity contribution is 5.29. The second kappa shape index (κ2) is 4.76. The van der Waals surface area contributed by atoms with Crippen LogP contribution in [-0.2, 0) is 0 Å². The Kier molecular flexibility index (Phi) is 3.36. The molecule has 1 aliphatic carbocycles. The normalized spacial score (nSPS) is 17.5. The highest BCUT2D eigenvalue weighted by atomic mass is 19.3. The minimum Gasteiger partial charge on any atom is -0.490 e. The van der Waals surface area contributed by atoms with E-state index in [2.05, 4.69) is 5.43 Å².